The molecule has 2 aliphatic rings. The molecule has 3 aromatic carbocycles. The number of rotatable bonds is 9. The Kier molecular flexibility index (Phi) is 12.7. The average molecular weight is 679 g/mol. The SMILES string of the molecule is CC(C)(C)OC(=O)n1nccc1-c1cccc(CC(=O)c2cccc(CN3CCCCC3)c2)c1.O=C(O)c1cccc(CN2CCCCC2)c1. The summed E-state index contributed by atoms with van der Waals surface area (Å²) >= 11 is 0. The van der Waals surface area contributed by atoms with E-state index in [1.165, 1.54) is 48.8 Å². The lowest BCUT2D eigenvalue weighted by atomic mass is 9.99. The van der Waals surface area contributed by atoms with Crippen molar-refractivity contribution in [3.63, 3.8) is 0 Å². The number of hydrogen-bond donors (Lipinski definition) is 1. The van der Waals surface area contributed by atoms with Crippen molar-refractivity contribution in [2.45, 2.75) is 84.4 Å². The summed E-state index contributed by atoms with van der Waals surface area (Å²) in [5, 5.41) is 13.0. The van der Waals surface area contributed by atoms with Crippen LogP contribution in [-0.2, 0) is 24.2 Å². The molecule has 0 amide bonds. The van der Waals surface area contributed by atoms with Crippen LogP contribution in [0.2, 0.25) is 0 Å². The van der Waals surface area contributed by atoms with Gasteiger partial charge >= 0.3 is 12.1 Å². The van der Waals surface area contributed by atoms with E-state index in [0.717, 1.165) is 61.5 Å². The molecule has 50 heavy (non-hydrogen) atoms. The molecule has 9 heteroatoms. The summed E-state index contributed by atoms with van der Waals surface area (Å²) in [6, 6.07) is 24.7. The molecule has 2 aliphatic heterocycles. The second-order valence-electron chi connectivity index (χ2n) is 14.3. The number of nitrogens with zero attached hydrogens (tertiary/aromatic N) is 4. The zero-order valence-electron chi connectivity index (χ0n) is 29.6. The molecule has 1 N–H and O–H groups in total. The number of aromatic nitrogens is 2. The van der Waals surface area contributed by atoms with Gasteiger partial charge < -0.3 is 9.84 Å². The fourth-order valence-electron chi connectivity index (χ4n) is 6.50. The lowest BCUT2D eigenvalue weighted by Gasteiger charge is -2.26. The molecule has 0 radical (unpaired) electrons. The molecule has 4 aromatic rings. The van der Waals surface area contributed by atoms with Crippen LogP contribution in [0.4, 0.5) is 4.79 Å². The Morgan fingerprint density at radius 3 is 1.82 bits per heavy atom. The first kappa shape index (κ1) is 36.7. The minimum absolute atomic E-state index is 0.0818. The van der Waals surface area contributed by atoms with Gasteiger partial charge in [-0.15, -0.1) is 0 Å². The third-order valence-corrected chi connectivity index (χ3v) is 8.93. The van der Waals surface area contributed by atoms with Crippen LogP contribution in [0, 0.1) is 0 Å². The molecule has 0 aliphatic carbocycles. The van der Waals surface area contributed by atoms with E-state index in [0.29, 0.717) is 17.7 Å². The Labute approximate surface area is 295 Å². The van der Waals surface area contributed by atoms with Crippen LogP contribution in [0.25, 0.3) is 11.3 Å². The number of hydrogen-bond acceptors (Lipinski definition) is 7. The first-order valence-corrected chi connectivity index (χ1v) is 17.8. The lowest BCUT2D eigenvalue weighted by Crippen LogP contribution is -2.29. The summed E-state index contributed by atoms with van der Waals surface area (Å²) in [5.41, 5.74) is 5.12. The smallest absolute Gasteiger partial charge is 0.435 e. The van der Waals surface area contributed by atoms with Crippen molar-refractivity contribution < 1.29 is 24.2 Å². The maximum absolute atomic E-state index is 13.1. The maximum atomic E-state index is 13.1. The second-order valence-corrected chi connectivity index (χ2v) is 14.3. The average Bonchev–Trinajstić information content (AvgIpc) is 3.60. The number of carbonyl (C=O) groups excluding carboxylic acids is 2. The fourth-order valence-corrected chi connectivity index (χ4v) is 6.50. The van der Waals surface area contributed by atoms with Crippen LogP contribution >= 0.6 is 0 Å². The molecule has 2 saturated heterocycles. The minimum atomic E-state index is -0.847. The predicted octanol–water partition coefficient (Wildman–Crippen LogP) is 8.12. The largest absolute Gasteiger partial charge is 0.478 e. The highest BCUT2D eigenvalue weighted by Crippen LogP contribution is 2.23. The van der Waals surface area contributed by atoms with Gasteiger partial charge in [0.25, 0.3) is 0 Å². The molecule has 264 valence electrons. The summed E-state index contributed by atoms with van der Waals surface area (Å²) < 4.78 is 6.73. The first-order chi connectivity index (χ1) is 24.0. The molecular weight excluding hydrogens is 628 g/mol. The summed E-state index contributed by atoms with van der Waals surface area (Å²) in [6.07, 6.45) is 9.01. The zero-order chi connectivity index (χ0) is 35.5. The standard InChI is InChI=1S/C28H33N3O3.C13H17NO2/c1-28(2,3)34-27(33)31-25(13-14-29-31)23-11-7-9-21(17-23)19-26(32)24-12-8-10-22(18-24)20-30-15-5-4-6-16-30;15-13(16)12-6-4-5-11(9-12)10-14-7-2-1-3-8-14/h7-14,17-18H,4-6,15-16,19-20H2,1-3H3;4-6,9H,1-3,7-8,10H2,(H,15,16). The van der Waals surface area contributed by atoms with Gasteiger partial charge in [-0.3, -0.25) is 14.6 Å². The van der Waals surface area contributed by atoms with Gasteiger partial charge in [0, 0.05) is 30.6 Å². The molecule has 0 spiro atoms. The van der Waals surface area contributed by atoms with Crippen molar-refractivity contribution in [3.8, 4) is 11.3 Å². The van der Waals surface area contributed by atoms with Crippen LogP contribution < -0.4 is 0 Å². The zero-order valence-corrected chi connectivity index (χ0v) is 29.6. The minimum Gasteiger partial charge on any atom is -0.478 e. The van der Waals surface area contributed by atoms with Gasteiger partial charge in [-0.25, -0.2) is 9.59 Å². The Balaban J connectivity index is 0.000000253. The lowest BCUT2D eigenvalue weighted by molar-refractivity contribution is 0.0517. The number of likely N-dealkylation sites (tertiary alicyclic amines) is 2. The molecule has 0 atom stereocenters. The Morgan fingerprint density at radius 2 is 1.24 bits per heavy atom. The third kappa shape index (κ3) is 11.0. The van der Waals surface area contributed by atoms with E-state index in [-0.39, 0.29) is 5.78 Å². The van der Waals surface area contributed by atoms with E-state index in [4.69, 9.17) is 9.84 Å². The predicted molar refractivity (Wildman–Crippen MR) is 195 cm³/mol. The van der Waals surface area contributed by atoms with Crippen molar-refractivity contribution in [1.29, 1.82) is 0 Å². The van der Waals surface area contributed by atoms with E-state index in [1.54, 1.807) is 24.4 Å². The van der Waals surface area contributed by atoms with Crippen LogP contribution in [0.3, 0.4) is 0 Å². The van der Waals surface area contributed by atoms with Crippen LogP contribution in [0.15, 0.2) is 85.1 Å². The fraction of sp³-hybridized carbons (Fsp3) is 0.415. The normalized spacial score (nSPS) is 15.5. The number of carboxylic acids is 1. The quantitative estimate of drug-likeness (QED) is 0.177. The number of carbonyl (C=O) groups is 3. The monoisotopic (exact) mass is 678 g/mol. The Morgan fingerprint density at radius 1 is 0.700 bits per heavy atom. The maximum Gasteiger partial charge on any atom is 0.435 e. The molecule has 2 fully saturated rings. The van der Waals surface area contributed by atoms with Crippen LogP contribution in [0.5, 0.6) is 0 Å². The van der Waals surface area contributed by atoms with E-state index in [9.17, 15) is 14.4 Å². The number of piperidine rings is 2. The van der Waals surface area contributed by atoms with E-state index < -0.39 is 17.7 Å². The molecule has 6 rings (SSSR count). The van der Waals surface area contributed by atoms with Gasteiger partial charge in [-0.1, -0.05) is 61.4 Å². The number of ether oxygens (including phenoxy) is 1. The highest BCUT2D eigenvalue weighted by atomic mass is 16.6. The van der Waals surface area contributed by atoms with Gasteiger partial charge in [0.2, 0.25) is 0 Å². The molecule has 9 nitrogen and oxygen atoms in total. The molecule has 1 aromatic heterocycles. The Hall–Kier alpha value is -4.60. The highest BCUT2D eigenvalue weighted by molar-refractivity contribution is 5.97. The van der Waals surface area contributed by atoms with Crippen molar-refractivity contribution in [2.75, 3.05) is 26.2 Å². The van der Waals surface area contributed by atoms with Crippen molar-refractivity contribution >= 4 is 17.8 Å². The number of ketones is 1. The molecule has 0 saturated carbocycles. The molecule has 0 bridgehead atoms. The summed E-state index contributed by atoms with van der Waals surface area (Å²) in [4.78, 5) is 41.3. The van der Waals surface area contributed by atoms with E-state index in [1.807, 2.05) is 75.4 Å². The van der Waals surface area contributed by atoms with Gasteiger partial charge in [0.05, 0.1) is 17.5 Å². The van der Waals surface area contributed by atoms with Gasteiger partial charge in [0.1, 0.15) is 5.60 Å². The highest BCUT2D eigenvalue weighted by Gasteiger charge is 2.21. The van der Waals surface area contributed by atoms with E-state index >= 15 is 0 Å². The second kappa shape index (κ2) is 17.4. The number of carboxylic acid groups (broad SMARTS) is 1. The van der Waals surface area contributed by atoms with Gasteiger partial charge in [-0.2, -0.15) is 9.78 Å². The summed E-state index contributed by atoms with van der Waals surface area (Å²) in [7, 11) is 0. The van der Waals surface area contributed by atoms with Crippen molar-refractivity contribution in [3.05, 3.63) is 113 Å². The van der Waals surface area contributed by atoms with Crippen molar-refractivity contribution in [1.82, 2.24) is 19.6 Å². The molecular formula is C41H50N4O5. The summed E-state index contributed by atoms with van der Waals surface area (Å²) in [6.45, 7) is 11.8. The molecule has 0 unspecified atom stereocenters. The first-order valence-electron chi connectivity index (χ1n) is 17.8. The summed E-state index contributed by atoms with van der Waals surface area (Å²) in [5.74, 6) is -0.765. The number of Topliss-reactive ketones (excluding diaryl/α,β-unsaturated/α-hetero) is 1. The van der Waals surface area contributed by atoms with Gasteiger partial charge in [-0.05, 0) is 120 Å². The van der Waals surface area contributed by atoms with Crippen LogP contribution in [0.1, 0.15) is 96.7 Å². The van der Waals surface area contributed by atoms with Gasteiger partial charge in [0.15, 0.2) is 5.78 Å². The van der Waals surface area contributed by atoms with E-state index in [2.05, 4.69) is 21.0 Å². The number of aromatic carboxylic acids is 1. The topological polar surface area (TPSA) is 105 Å². The third-order valence-electron chi connectivity index (χ3n) is 8.93. The Bertz CT molecular complexity index is 1750. The van der Waals surface area contributed by atoms with Crippen molar-refractivity contribution in [2.24, 2.45) is 0 Å². The molecule has 3 heterocycles. The van der Waals surface area contributed by atoms with Crippen LogP contribution in [-0.4, -0.2) is 74.3 Å². The number of benzene rings is 3.